The molecular formula is C23H29N7O. The summed E-state index contributed by atoms with van der Waals surface area (Å²) in [7, 11) is 1.92. The zero-order valence-corrected chi connectivity index (χ0v) is 17.9. The highest BCUT2D eigenvalue weighted by atomic mass is 16.1. The van der Waals surface area contributed by atoms with Crippen molar-refractivity contribution in [2.45, 2.75) is 31.7 Å². The van der Waals surface area contributed by atoms with Gasteiger partial charge < -0.3 is 20.9 Å². The Kier molecular flexibility index (Phi) is 5.23. The number of rotatable bonds is 4. The van der Waals surface area contributed by atoms with Gasteiger partial charge in [-0.05, 0) is 49.9 Å². The van der Waals surface area contributed by atoms with E-state index in [4.69, 9.17) is 5.73 Å². The first-order valence-electron chi connectivity index (χ1n) is 11.1. The summed E-state index contributed by atoms with van der Waals surface area (Å²) in [4.78, 5) is 22.3. The van der Waals surface area contributed by atoms with Crippen LogP contribution in [0.1, 0.15) is 36.2 Å². The van der Waals surface area contributed by atoms with Crippen molar-refractivity contribution in [1.82, 2.24) is 14.8 Å². The lowest BCUT2D eigenvalue weighted by molar-refractivity contribution is 0.102. The van der Waals surface area contributed by atoms with Crippen LogP contribution in [0.5, 0.6) is 0 Å². The maximum Gasteiger partial charge on any atom is 0.274 e. The van der Waals surface area contributed by atoms with Gasteiger partial charge in [-0.3, -0.25) is 9.48 Å². The number of hydrogen-bond acceptors (Lipinski definition) is 6. The smallest absolute Gasteiger partial charge is 0.274 e. The molecule has 3 aromatic rings. The minimum atomic E-state index is -0.202. The van der Waals surface area contributed by atoms with Crippen LogP contribution >= 0.6 is 0 Å². The molecule has 0 spiro atoms. The van der Waals surface area contributed by atoms with Gasteiger partial charge >= 0.3 is 0 Å². The van der Waals surface area contributed by atoms with Crippen molar-refractivity contribution in [3.05, 3.63) is 42.2 Å². The van der Waals surface area contributed by atoms with E-state index in [1.54, 1.807) is 6.07 Å². The van der Waals surface area contributed by atoms with Crippen molar-refractivity contribution in [3.63, 3.8) is 0 Å². The fraction of sp³-hybridized carbons (Fsp3) is 0.435. The van der Waals surface area contributed by atoms with Crippen LogP contribution in [0.4, 0.5) is 17.2 Å². The zero-order chi connectivity index (χ0) is 21.4. The zero-order valence-electron chi connectivity index (χ0n) is 17.9. The van der Waals surface area contributed by atoms with Crippen molar-refractivity contribution in [1.29, 1.82) is 0 Å². The molecule has 8 nitrogen and oxygen atoms in total. The van der Waals surface area contributed by atoms with E-state index in [2.05, 4.69) is 31.3 Å². The summed E-state index contributed by atoms with van der Waals surface area (Å²) in [6.45, 7) is 3.62. The highest BCUT2D eigenvalue weighted by Gasteiger charge is 2.22. The van der Waals surface area contributed by atoms with Gasteiger partial charge in [0.1, 0.15) is 11.5 Å². The number of piperidine rings is 1. The Morgan fingerprint density at radius 2 is 1.97 bits per heavy atom. The van der Waals surface area contributed by atoms with Crippen molar-refractivity contribution in [3.8, 4) is 0 Å². The van der Waals surface area contributed by atoms with E-state index in [9.17, 15) is 4.79 Å². The number of anilines is 3. The van der Waals surface area contributed by atoms with Crippen molar-refractivity contribution >= 4 is 34.0 Å². The Labute approximate surface area is 182 Å². The summed E-state index contributed by atoms with van der Waals surface area (Å²) in [5, 5.41) is 8.69. The molecular weight excluding hydrogens is 390 g/mol. The molecule has 31 heavy (non-hydrogen) atoms. The second-order valence-corrected chi connectivity index (χ2v) is 8.61. The lowest BCUT2D eigenvalue weighted by atomic mass is 10.1. The van der Waals surface area contributed by atoms with Crippen LogP contribution in [-0.4, -0.2) is 52.9 Å². The molecule has 0 aliphatic carbocycles. The Hall–Kier alpha value is -3.13. The Balaban J connectivity index is 1.44. The molecule has 0 unspecified atom stereocenters. The standard InChI is InChI=1S/C23H29N7O/c1-28-14-16-12-20(21(13-19(16)27-28)29-9-3-2-4-10-29)26-23(31)18-6-5-7-22(25-18)30-11-8-17(24)15-30/h5-7,12-14,17H,2-4,8-11,15,24H2,1H3,(H,26,31)/t17-/m1/s1. The van der Waals surface area contributed by atoms with Gasteiger partial charge in [0, 0.05) is 50.9 Å². The number of aromatic nitrogens is 3. The Morgan fingerprint density at radius 1 is 1.13 bits per heavy atom. The molecule has 2 aliphatic rings. The summed E-state index contributed by atoms with van der Waals surface area (Å²) < 4.78 is 1.81. The number of carbonyl (C=O) groups is 1. The molecule has 0 bridgehead atoms. The van der Waals surface area contributed by atoms with Gasteiger partial charge in [-0.15, -0.1) is 0 Å². The second kappa shape index (κ2) is 8.19. The number of fused-ring (bicyclic) bond motifs is 1. The summed E-state index contributed by atoms with van der Waals surface area (Å²) >= 11 is 0. The maximum absolute atomic E-state index is 13.2. The third kappa shape index (κ3) is 4.07. The van der Waals surface area contributed by atoms with Gasteiger partial charge in [-0.25, -0.2) is 4.98 Å². The van der Waals surface area contributed by atoms with Gasteiger partial charge in [-0.1, -0.05) is 6.07 Å². The molecule has 162 valence electrons. The molecule has 1 atom stereocenters. The number of amides is 1. The van der Waals surface area contributed by atoms with Crippen LogP contribution < -0.4 is 20.9 Å². The Bertz CT molecular complexity index is 1100. The number of hydrogen-bond donors (Lipinski definition) is 2. The highest BCUT2D eigenvalue weighted by Crippen LogP contribution is 2.33. The van der Waals surface area contributed by atoms with E-state index < -0.39 is 0 Å². The highest BCUT2D eigenvalue weighted by molar-refractivity contribution is 6.06. The lowest BCUT2D eigenvalue weighted by Crippen LogP contribution is -2.30. The van der Waals surface area contributed by atoms with Crippen LogP contribution in [0.25, 0.3) is 10.9 Å². The summed E-state index contributed by atoms with van der Waals surface area (Å²) in [5.74, 6) is 0.603. The quantitative estimate of drug-likeness (QED) is 0.676. The van der Waals surface area contributed by atoms with Crippen LogP contribution in [0, 0.1) is 0 Å². The van der Waals surface area contributed by atoms with Crippen molar-refractivity contribution in [2.75, 3.05) is 41.3 Å². The summed E-state index contributed by atoms with van der Waals surface area (Å²) in [6.07, 6.45) is 6.49. The molecule has 5 rings (SSSR count). The van der Waals surface area contributed by atoms with E-state index in [0.29, 0.717) is 5.69 Å². The summed E-state index contributed by atoms with van der Waals surface area (Å²) in [5.41, 5.74) is 9.22. The Morgan fingerprint density at radius 3 is 2.74 bits per heavy atom. The maximum atomic E-state index is 13.2. The second-order valence-electron chi connectivity index (χ2n) is 8.61. The molecule has 1 amide bonds. The van der Waals surface area contributed by atoms with Crippen LogP contribution in [0.2, 0.25) is 0 Å². The fourth-order valence-electron chi connectivity index (χ4n) is 4.59. The molecule has 0 radical (unpaired) electrons. The molecule has 2 aliphatic heterocycles. The normalized spacial score (nSPS) is 19.2. The topological polar surface area (TPSA) is 92.3 Å². The molecule has 2 saturated heterocycles. The van der Waals surface area contributed by atoms with Gasteiger partial charge in [0.25, 0.3) is 5.91 Å². The van der Waals surface area contributed by atoms with E-state index in [0.717, 1.165) is 73.5 Å². The monoisotopic (exact) mass is 419 g/mol. The largest absolute Gasteiger partial charge is 0.370 e. The first-order valence-corrected chi connectivity index (χ1v) is 11.1. The number of aryl methyl sites for hydroxylation is 1. The molecule has 1 aromatic carbocycles. The molecule has 0 saturated carbocycles. The molecule has 8 heteroatoms. The number of pyridine rings is 1. The molecule has 2 aromatic heterocycles. The first kappa shape index (κ1) is 19.8. The van der Waals surface area contributed by atoms with Crippen molar-refractivity contribution in [2.24, 2.45) is 12.8 Å². The van der Waals surface area contributed by atoms with E-state index in [1.165, 1.54) is 6.42 Å². The fourth-order valence-corrected chi connectivity index (χ4v) is 4.59. The molecule has 4 heterocycles. The average molecular weight is 420 g/mol. The average Bonchev–Trinajstić information content (AvgIpc) is 3.38. The van der Waals surface area contributed by atoms with Gasteiger partial charge in [0.05, 0.1) is 16.9 Å². The van der Waals surface area contributed by atoms with Gasteiger partial charge in [0.2, 0.25) is 0 Å². The van der Waals surface area contributed by atoms with Gasteiger partial charge in [-0.2, -0.15) is 5.10 Å². The first-order chi connectivity index (χ1) is 15.1. The lowest BCUT2D eigenvalue weighted by Gasteiger charge is -2.30. The van der Waals surface area contributed by atoms with E-state index in [-0.39, 0.29) is 11.9 Å². The number of carbonyl (C=O) groups excluding carboxylic acids is 1. The molecule has 3 N–H and O–H groups in total. The number of nitrogens with zero attached hydrogens (tertiary/aromatic N) is 5. The number of benzene rings is 1. The van der Waals surface area contributed by atoms with Gasteiger partial charge in [0.15, 0.2) is 0 Å². The predicted molar refractivity (Wildman–Crippen MR) is 124 cm³/mol. The summed E-state index contributed by atoms with van der Waals surface area (Å²) in [6, 6.07) is 9.86. The minimum absolute atomic E-state index is 0.164. The predicted octanol–water partition coefficient (Wildman–Crippen LogP) is 2.75. The number of nitrogens with one attached hydrogen (secondary N) is 1. The van der Waals surface area contributed by atoms with E-state index >= 15 is 0 Å². The third-order valence-corrected chi connectivity index (χ3v) is 6.20. The van der Waals surface area contributed by atoms with Crippen LogP contribution in [-0.2, 0) is 7.05 Å². The SMILES string of the molecule is Cn1cc2cc(NC(=O)c3cccc(N4CC[C@@H](N)C4)n3)c(N3CCCCC3)cc2n1. The van der Waals surface area contributed by atoms with Crippen molar-refractivity contribution < 1.29 is 4.79 Å². The van der Waals surface area contributed by atoms with Crippen LogP contribution in [0.15, 0.2) is 36.5 Å². The minimum Gasteiger partial charge on any atom is -0.370 e. The number of nitrogens with two attached hydrogens (primary N) is 1. The van der Waals surface area contributed by atoms with Crippen LogP contribution in [0.3, 0.4) is 0 Å². The van der Waals surface area contributed by atoms with E-state index in [1.807, 2.05) is 36.1 Å². The molecule has 2 fully saturated rings. The third-order valence-electron chi connectivity index (χ3n) is 6.20.